The summed E-state index contributed by atoms with van der Waals surface area (Å²) in [7, 11) is 3.13. The summed E-state index contributed by atoms with van der Waals surface area (Å²) in [5.41, 5.74) is 7.42. The van der Waals surface area contributed by atoms with Crippen molar-refractivity contribution in [3.63, 3.8) is 0 Å². The third-order valence-electron chi connectivity index (χ3n) is 3.12. The second-order valence-corrected chi connectivity index (χ2v) is 5.58. The number of hydrogen-bond acceptors (Lipinski definition) is 6. The molecule has 0 saturated heterocycles. The number of nitrogens with zero attached hydrogens (tertiary/aromatic N) is 1. The van der Waals surface area contributed by atoms with Gasteiger partial charge in [0.2, 0.25) is 0 Å². The maximum Gasteiger partial charge on any atom is 0.275 e. The molecule has 0 aliphatic carbocycles. The number of nitrogens with two attached hydrogens (primary N) is 1. The van der Waals surface area contributed by atoms with Gasteiger partial charge in [-0.1, -0.05) is 0 Å². The van der Waals surface area contributed by atoms with Crippen LogP contribution < -0.4 is 20.5 Å². The molecule has 0 atom stereocenters. The normalized spacial score (nSPS) is 9.91. The largest absolute Gasteiger partial charge is 0.493 e. The van der Waals surface area contributed by atoms with Gasteiger partial charge in [-0.15, -0.1) is 23.7 Å². The molecule has 6 nitrogen and oxygen atoms in total. The second-order valence-electron chi connectivity index (χ2n) is 4.64. The lowest BCUT2D eigenvalue weighted by atomic mass is 10.1. The Morgan fingerprint density at radius 2 is 1.96 bits per heavy atom. The molecule has 0 saturated carbocycles. The number of hydrogen-bond donors (Lipinski definition) is 2. The third-order valence-corrected chi connectivity index (χ3v) is 4.03. The number of thiazole rings is 1. The second kappa shape index (κ2) is 8.71. The maximum absolute atomic E-state index is 12.3. The van der Waals surface area contributed by atoms with Crippen molar-refractivity contribution in [2.24, 2.45) is 5.73 Å². The van der Waals surface area contributed by atoms with Crippen LogP contribution in [0.2, 0.25) is 0 Å². The molecule has 0 fully saturated rings. The van der Waals surface area contributed by atoms with Crippen LogP contribution in [0.15, 0.2) is 17.5 Å². The Bertz CT molecular complexity index is 676. The highest BCUT2D eigenvalue weighted by Crippen LogP contribution is 2.33. The van der Waals surface area contributed by atoms with Crippen LogP contribution in [-0.2, 0) is 6.42 Å². The molecule has 3 N–H and O–H groups in total. The molecular formula is C15H20ClN3O3S. The Labute approximate surface area is 145 Å². The van der Waals surface area contributed by atoms with Crippen LogP contribution in [0, 0.1) is 6.92 Å². The van der Waals surface area contributed by atoms with E-state index in [4.69, 9.17) is 15.2 Å². The fraction of sp³-hybridized carbons (Fsp3) is 0.333. The average molecular weight is 358 g/mol. The van der Waals surface area contributed by atoms with E-state index in [1.54, 1.807) is 25.7 Å². The molecule has 23 heavy (non-hydrogen) atoms. The summed E-state index contributed by atoms with van der Waals surface area (Å²) in [6.45, 7) is 2.40. The van der Waals surface area contributed by atoms with Gasteiger partial charge in [0, 0.05) is 23.6 Å². The van der Waals surface area contributed by atoms with Crippen molar-refractivity contribution < 1.29 is 14.3 Å². The van der Waals surface area contributed by atoms with E-state index < -0.39 is 0 Å². The molecule has 1 heterocycles. The number of amides is 1. The van der Waals surface area contributed by atoms with Gasteiger partial charge in [-0.05, 0) is 25.1 Å². The van der Waals surface area contributed by atoms with Crippen molar-refractivity contribution in [3.05, 3.63) is 33.8 Å². The monoisotopic (exact) mass is 357 g/mol. The summed E-state index contributed by atoms with van der Waals surface area (Å²) in [5.74, 6) is 0.928. The van der Waals surface area contributed by atoms with Gasteiger partial charge in [0.25, 0.3) is 5.91 Å². The molecule has 1 aromatic heterocycles. The summed E-state index contributed by atoms with van der Waals surface area (Å²) >= 11 is 1.43. The molecule has 126 valence electrons. The van der Waals surface area contributed by atoms with E-state index in [1.807, 2.05) is 13.0 Å². The molecule has 2 rings (SSSR count). The predicted molar refractivity (Wildman–Crippen MR) is 94.4 cm³/mol. The Morgan fingerprint density at radius 1 is 1.30 bits per heavy atom. The molecule has 1 aromatic carbocycles. The number of carbonyl (C=O) groups excluding carboxylic acids is 1. The predicted octanol–water partition coefficient (Wildman–Crippen LogP) is 2.64. The molecule has 0 bridgehead atoms. The minimum atomic E-state index is -0.255. The van der Waals surface area contributed by atoms with Crippen LogP contribution in [0.5, 0.6) is 11.5 Å². The number of aryl methyl sites for hydroxylation is 1. The Kier molecular flexibility index (Phi) is 7.28. The van der Waals surface area contributed by atoms with Crippen molar-refractivity contribution >= 4 is 35.3 Å². The van der Waals surface area contributed by atoms with Gasteiger partial charge >= 0.3 is 0 Å². The highest BCUT2D eigenvalue weighted by atomic mass is 35.5. The molecular weight excluding hydrogens is 338 g/mol. The van der Waals surface area contributed by atoms with Gasteiger partial charge in [0.05, 0.1) is 19.2 Å². The number of halogens is 1. The minimum absolute atomic E-state index is 0. The topological polar surface area (TPSA) is 86.5 Å². The minimum Gasteiger partial charge on any atom is -0.493 e. The summed E-state index contributed by atoms with van der Waals surface area (Å²) < 4.78 is 10.5. The molecule has 0 spiro atoms. The van der Waals surface area contributed by atoms with Crippen LogP contribution in [0.25, 0.3) is 0 Å². The van der Waals surface area contributed by atoms with Crippen LogP contribution in [0.4, 0.5) is 5.69 Å². The maximum atomic E-state index is 12.3. The third kappa shape index (κ3) is 4.57. The fourth-order valence-corrected chi connectivity index (χ4v) is 2.75. The van der Waals surface area contributed by atoms with Gasteiger partial charge in [-0.2, -0.15) is 0 Å². The lowest BCUT2D eigenvalue weighted by molar-refractivity contribution is 0.102. The first-order valence-corrected chi connectivity index (χ1v) is 7.65. The first-order chi connectivity index (χ1) is 10.6. The van der Waals surface area contributed by atoms with E-state index in [-0.39, 0.29) is 18.3 Å². The lowest BCUT2D eigenvalue weighted by Gasteiger charge is -2.13. The van der Waals surface area contributed by atoms with E-state index >= 15 is 0 Å². The van der Waals surface area contributed by atoms with E-state index in [0.717, 1.165) is 10.6 Å². The summed E-state index contributed by atoms with van der Waals surface area (Å²) in [4.78, 5) is 16.5. The Morgan fingerprint density at radius 3 is 2.57 bits per heavy atom. The van der Waals surface area contributed by atoms with E-state index in [2.05, 4.69) is 10.3 Å². The van der Waals surface area contributed by atoms with E-state index in [0.29, 0.717) is 35.8 Å². The zero-order valence-electron chi connectivity index (χ0n) is 13.2. The van der Waals surface area contributed by atoms with Crippen LogP contribution >= 0.6 is 23.7 Å². The van der Waals surface area contributed by atoms with Gasteiger partial charge in [-0.3, -0.25) is 4.79 Å². The average Bonchev–Trinajstić information content (AvgIpc) is 2.98. The van der Waals surface area contributed by atoms with Gasteiger partial charge in [0.1, 0.15) is 5.69 Å². The van der Waals surface area contributed by atoms with Gasteiger partial charge in [0.15, 0.2) is 11.5 Å². The highest BCUT2D eigenvalue weighted by molar-refractivity contribution is 7.09. The van der Waals surface area contributed by atoms with Crippen molar-refractivity contribution in [2.45, 2.75) is 13.3 Å². The quantitative estimate of drug-likeness (QED) is 0.830. The number of carbonyl (C=O) groups is 1. The molecule has 2 aromatic rings. The number of benzene rings is 1. The number of aromatic nitrogens is 1. The van der Waals surface area contributed by atoms with E-state index in [9.17, 15) is 4.79 Å². The molecule has 0 unspecified atom stereocenters. The van der Waals surface area contributed by atoms with Gasteiger partial charge in [-0.25, -0.2) is 4.98 Å². The number of nitrogens with one attached hydrogen (secondary N) is 1. The highest BCUT2D eigenvalue weighted by Gasteiger charge is 2.14. The number of ether oxygens (including phenoxy) is 2. The van der Waals surface area contributed by atoms with Crippen molar-refractivity contribution in [3.8, 4) is 11.5 Å². The Balaban J connectivity index is 0.00000264. The van der Waals surface area contributed by atoms with Gasteiger partial charge < -0.3 is 20.5 Å². The zero-order chi connectivity index (χ0) is 16.1. The first kappa shape index (κ1) is 19.2. The lowest BCUT2D eigenvalue weighted by Crippen LogP contribution is -2.14. The van der Waals surface area contributed by atoms with Crippen molar-refractivity contribution in [1.82, 2.24) is 4.98 Å². The Hall–Kier alpha value is -1.83. The van der Waals surface area contributed by atoms with Crippen molar-refractivity contribution in [2.75, 3.05) is 26.1 Å². The van der Waals surface area contributed by atoms with Crippen LogP contribution in [-0.4, -0.2) is 31.7 Å². The summed E-state index contributed by atoms with van der Waals surface area (Å²) in [6.07, 6.45) is 0.674. The standard InChI is InChI=1S/C15H19N3O3S.ClH/c1-9-6-12(20-2)13(21-3)7-10(9)18-15(19)11-8-22-14(17-11)4-5-16;/h6-8H,4-5,16H2,1-3H3,(H,18,19);1H. The number of anilines is 1. The molecule has 0 aliphatic rings. The van der Waals surface area contributed by atoms with Crippen molar-refractivity contribution in [1.29, 1.82) is 0 Å². The SMILES string of the molecule is COc1cc(C)c(NC(=O)c2csc(CCN)n2)cc1OC.Cl. The summed E-state index contributed by atoms with van der Waals surface area (Å²) in [5, 5.41) is 5.44. The molecule has 8 heteroatoms. The fourth-order valence-electron chi connectivity index (χ4n) is 1.96. The first-order valence-electron chi connectivity index (χ1n) is 6.77. The summed E-state index contributed by atoms with van der Waals surface area (Å²) in [6, 6.07) is 3.55. The van der Waals surface area contributed by atoms with E-state index in [1.165, 1.54) is 11.3 Å². The smallest absolute Gasteiger partial charge is 0.275 e. The number of methoxy groups -OCH3 is 2. The molecule has 0 aliphatic heterocycles. The number of rotatable bonds is 6. The van der Waals surface area contributed by atoms with Crippen LogP contribution in [0.1, 0.15) is 21.1 Å². The van der Waals surface area contributed by atoms with Crippen LogP contribution in [0.3, 0.4) is 0 Å². The molecule has 0 radical (unpaired) electrons. The zero-order valence-corrected chi connectivity index (χ0v) is 14.8. The molecule has 1 amide bonds.